The number of piperazine rings is 1. The number of hydrogen-bond acceptors (Lipinski definition) is 3. The van der Waals surface area contributed by atoms with E-state index < -0.39 is 12.0 Å². The Morgan fingerprint density at radius 1 is 1.44 bits per heavy atom. The van der Waals surface area contributed by atoms with E-state index in [9.17, 15) is 9.90 Å². The monoisotopic (exact) mass is 268 g/mol. The Balaban J connectivity index is 2.35. The molecule has 1 aliphatic rings. The Kier molecular flexibility index (Phi) is 3.78. The first-order valence-corrected chi connectivity index (χ1v) is 6.31. The number of carboxylic acids is 1. The first-order chi connectivity index (χ1) is 8.50. The zero-order valence-electron chi connectivity index (χ0n) is 10.6. The third-order valence-corrected chi connectivity index (χ3v) is 3.83. The van der Waals surface area contributed by atoms with Gasteiger partial charge in [0.15, 0.2) is 0 Å². The highest BCUT2D eigenvalue weighted by atomic mass is 35.5. The van der Waals surface area contributed by atoms with E-state index in [0.717, 1.165) is 17.8 Å². The van der Waals surface area contributed by atoms with Gasteiger partial charge in [-0.05, 0) is 31.7 Å². The molecule has 0 bridgehead atoms. The maximum absolute atomic E-state index is 11.4. The lowest BCUT2D eigenvalue weighted by molar-refractivity contribution is -0.139. The zero-order valence-corrected chi connectivity index (χ0v) is 11.3. The van der Waals surface area contributed by atoms with Crippen molar-refractivity contribution >= 4 is 23.3 Å². The Morgan fingerprint density at radius 3 is 2.83 bits per heavy atom. The van der Waals surface area contributed by atoms with E-state index in [-0.39, 0.29) is 0 Å². The summed E-state index contributed by atoms with van der Waals surface area (Å²) < 4.78 is 0. The van der Waals surface area contributed by atoms with Gasteiger partial charge in [0.1, 0.15) is 6.04 Å². The van der Waals surface area contributed by atoms with Crippen molar-refractivity contribution in [2.75, 3.05) is 31.6 Å². The van der Waals surface area contributed by atoms with Crippen molar-refractivity contribution in [3.8, 4) is 0 Å². The number of likely N-dealkylation sites (N-methyl/N-ethyl adjacent to an activating group) is 1. The van der Waals surface area contributed by atoms with Crippen LogP contribution in [0.5, 0.6) is 0 Å². The summed E-state index contributed by atoms with van der Waals surface area (Å²) in [6.07, 6.45) is 0. The van der Waals surface area contributed by atoms with Crippen LogP contribution in [0.2, 0.25) is 5.02 Å². The lowest BCUT2D eigenvalue weighted by Crippen LogP contribution is -2.55. The molecule has 1 fully saturated rings. The summed E-state index contributed by atoms with van der Waals surface area (Å²) in [6, 6.07) is 5.11. The van der Waals surface area contributed by atoms with Gasteiger partial charge >= 0.3 is 5.97 Å². The number of rotatable bonds is 2. The number of benzene rings is 1. The van der Waals surface area contributed by atoms with Crippen molar-refractivity contribution in [3.05, 3.63) is 28.8 Å². The Labute approximate surface area is 112 Å². The molecule has 0 saturated carbocycles. The van der Waals surface area contributed by atoms with E-state index in [1.54, 1.807) is 0 Å². The zero-order chi connectivity index (χ0) is 13.3. The lowest BCUT2D eigenvalue weighted by Gasteiger charge is -2.40. The molecular formula is C13H17ClN2O2. The molecule has 1 aliphatic heterocycles. The standard InChI is InChI=1S/C13H17ClN2O2/c1-9-10(14)4-3-5-11(9)16-7-6-15(2)8-12(16)13(17)18/h3-5,12H,6-8H2,1-2H3,(H,17,18). The third-order valence-electron chi connectivity index (χ3n) is 3.42. The number of nitrogens with zero attached hydrogens (tertiary/aromatic N) is 2. The van der Waals surface area contributed by atoms with E-state index in [1.165, 1.54) is 0 Å². The molecule has 1 aromatic rings. The number of halogens is 1. The van der Waals surface area contributed by atoms with Gasteiger partial charge in [0.25, 0.3) is 0 Å². The highest BCUT2D eigenvalue weighted by Crippen LogP contribution is 2.29. The number of hydrogen-bond donors (Lipinski definition) is 1. The van der Waals surface area contributed by atoms with Gasteiger partial charge in [0.2, 0.25) is 0 Å². The minimum Gasteiger partial charge on any atom is -0.480 e. The normalized spacial score (nSPS) is 21.1. The van der Waals surface area contributed by atoms with E-state index in [1.807, 2.05) is 42.0 Å². The van der Waals surface area contributed by atoms with E-state index in [2.05, 4.69) is 0 Å². The van der Waals surface area contributed by atoms with Gasteiger partial charge in [-0.25, -0.2) is 4.79 Å². The van der Waals surface area contributed by atoms with Crippen LogP contribution in [0.3, 0.4) is 0 Å². The molecule has 98 valence electrons. The second-order valence-electron chi connectivity index (χ2n) is 4.69. The Morgan fingerprint density at radius 2 is 2.17 bits per heavy atom. The van der Waals surface area contributed by atoms with Gasteiger partial charge in [0.05, 0.1) is 0 Å². The molecule has 5 heteroatoms. The Hall–Kier alpha value is -1.26. The highest BCUT2D eigenvalue weighted by molar-refractivity contribution is 6.31. The van der Waals surface area contributed by atoms with Crippen LogP contribution in [0.4, 0.5) is 5.69 Å². The molecule has 18 heavy (non-hydrogen) atoms. The quantitative estimate of drug-likeness (QED) is 0.889. The lowest BCUT2D eigenvalue weighted by atomic mass is 10.1. The number of carbonyl (C=O) groups is 1. The summed E-state index contributed by atoms with van der Waals surface area (Å²) in [5.41, 5.74) is 1.86. The Bertz CT molecular complexity index is 464. The fraction of sp³-hybridized carbons (Fsp3) is 0.462. The first-order valence-electron chi connectivity index (χ1n) is 5.94. The fourth-order valence-corrected chi connectivity index (χ4v) is 2.50. The third kappa shape index (κ3) is 2.44. The minimum absolute atomic E-state index is 0.513. The number of carboxylic acid groups (broad SMARTS) is 1. The molecule has 1 N–H and O–H groups in total. The molecule has 1 atom stereocenters. The van der Waals surface area contributed by atoms with Crippen LogP contribution in [-0.2, 0) is 4.79 Å². The molecule has 0 radical (unpaired) electrons. The van der Waals surface area contributed by atoms with Crippen molar-refractivity contribution in [3.63, 3.8) is 0 Å². The van der Waals surface area contributed by atoms with Crippen molar-refractivity contribution in [1.82, 2.24) is 4.90 Å². The average molecular weight is 269 g/mol. The second-order valence-corrected chi connectivity index (χ2v) is 5.10. The van der Waals surface area contributed by atoms with Gasteiger partial charge < -0.3 is 14.9 Å². The van der Waals surface area contributed by atoms with E-state index in [0.29, 0.717) is 18.1 Å². The molecule has 1 saturated heterocycles. The second kappa shape index (κ2) is 5.16. The highest BCUT2D eigenvalue weighted by Gasteiger charge is 2.31. The van der Waals surface area contributed by atoms with Gasteiger partial charge in [-0.1, -0.05) is 17.7 Å². The van der Waals surface area contributed by atoms with Crippen LogP contribution < -0.4 is 4.90 Å². The molecule has 1 aromatic carbocycles. The average Bonchev–Trinajstić information content (AvgIpc) is 2.33. The molecule has 2 rings (SSSR count). The van der Waals surface area contributed by atoms with Gasteiger partial charge in [0, 0.05) is 30.3 Å². The van der Waals surface area contributed by atoms with Gasteiger partial charge in [-0.15, -0.1) is 0 Å². The molecule has 4 nitrogen and oxygen atoms in total. The van der Waals surface area contributed by atoms with E-state index in [4.69, 9.17) is 11.6 Å². The van der Waals surface area contributed by atoms with Gasteiger partial charge in [-0.3, -0.25) is 0 Å². The number of aliphatic carboxylic acids is 1. The predicted octanol–water partition coefficient (Wildman–Crippen LogP) is 1.85. The van der Waals surface area contributed by atoms with E-state index >= 15 is 0 Å². The van der Waals surface area contributed by atoms with Crippen LogP contribution >= 0.6 is 11.6 Å². The van der Waals surface area contributed by atoms with Crippen LogP contribution in [0.15, 0.2) is 18.2 Å². The van der Waals surface area contributed by atoms with Gasteiger partial charge in [-0.2, -0.15) is 0 Å². The fourth-order valence-electron chi connectivity index (χ4n) is 2.33. The maximum atomic E-state index is 11.4. The summed E-state index contributed by atoms with van der Waals surface area (Å²) in [6.45, 7) is 4.01. The van der Waals surface area contributed by atoms with Crippen molar-refractivity contribution in [2.24, 2.45) is 0 Å². The summed E-state index contributed by atoms with van der Waals surface area (Å²) in [7, 11) is 1.94. The van der Waals surface area contributed by atoms with Crippen LogP contribution in [0.25, 0.3) is 0 Å². The molecule has 0 amide bonds. The molecule has 0 aliphatic carbocycles. The number of anilines is 1. The summed E-state index contributed by atoms with van der Waals surface area (Å²) in [5, 5.41) is 10.0. The van der Waals surface area contributed by atoms with Crippen molar-refractivity contribution in [1.29, 1.82) is 0 Å². The molecule has 0 aromatic heterocycles. The molecular weight excluding hydrogens is 252 g/mol. The van der Waals surface area contributed by atoms with Crippen LogP contribution in [0.1, 0.15) is 5.56 Å². The van der Waals surface area contributed by atoms with Crippen LogP contribution in [0, 0.1) is 6.92 Å². The molecule has 1 unspecified atom stereocenters. The minimum atomic E-state index is -0.791. The molecule has 1 heterocycles. The first kappa shape index (κ1) is 13.2. The van der Waals surface area contributed by atoms with Crippen molar-refractivity contribution < 1.29 is 9.90 Å². The summed E-state index contributed by atoms with van der Waals surface area (Å²) in [5.74, 6) is -0.791. The SMILES string of the molecule is Cc1c(Cl)cccc1N1CCN(C)CC1C(=O)O. The smallest absolute Gasteiger partial charge is 0.327 e. The molecule has 0 spiro atoms. The topological polar surface area (TPSA) is 43.8 Å². The summed E-state index contributed by atoms with van der Waals surface area (Å²) in [4.78, 5) is 15.3. The van der Waals surface area contributed by atoms with Crippen LogP contribution in [-0.4, -0.2) is 48.7 Å². The predicted molar refractivity (Wildman–Crippen MR) is 72.5 cm³/mol. The van der Waals surface area contributed by atoms with Crippen molar-refractivity contribution in [2.45, 2.75) is 13.0 Å². The largest absolute Gasteiger partial charge is 0.480 e. The summed E-state index contributed by atoms with van der Waals surface area (Å²) >= 11 is 6.10. The maximum Gasteiger partial charge on any atom is 0.327 e.